The summed E-state index contributed by atoms with van der Waals surface area (Å²) in [6.07, 6.45) is 13.9. The van der Waals surface area contributed by atoms with Crippen LogP contribution in [-0.2, 0) is 29.8 Å². The van der Waals surface area contributed by atoms with Crippen molar-refractivity contribution in [1.82, 2.24) is 10.6 Å². The zero-order valence-corrected chi connectivity index (χ0v) is 35.5. The standard InChI is InChI=1S/C47H62N4O5.ClH/c1-46(2)38-20-12-14-22-40(38)50(5)42(46)24-17-25-43-47(3,4)39-21-13-15-23-41(39)51(43)29-16-8-11-26-44(52)48-27-30-54-32-33-55-31-28-49-45(53)56-34-37-35-18-9-6-7-10-19-36(35)37;/h12-15,17,20-25,35-37H,8-11,16,18-19,26-34H2,1-5H3,(H-,48,49,52,53);1H/t35-,36+,37?;. The molecule has 10 heteroatoms. The first kappa shape index (κ1) is 44.0. The number of carbonyl (C=O) groups is 2. The summed E-state index contributed by atoms with van der Waals surface area (Å²) in [6, 6.07) is 17.4. The van der Waals surface area contributed by atoms with Gasteiger partial charge in [-0.1, -0.05) is 62.7 Å². The molecule has 2 heterocycles. The minimum absolute atomic E-state index is 0. The van der Waals surface area contributed by atoms with Gasteiger partial charge in [0.05, 0.1) is 38.4 Å². The molecule has 0 aromatic heterocycles. The third-order valence-electron chi connectivity index (χ3n) is 12.2. The average molecular weight is 799 g/mol. The van der Waals surface area contributed by atoms with Gasteiger partial charge in [-0.25, -0.2) is 4.79 Å². The van der Waals surface area contributed by atoms with E-state index in [1.54, 1.807) is 0 Å². The molecular formula is C47H63ClN4O5. The molecule has 1 fully saturated rings. The maximum atomic E-state index is 12.5. The number of alkyl carbamates (subject to hydrolysis) is 1. The molecule has 3 atom stereocenters. The predicted molar refractivity (Wildman–Crippen MR) is 224 cm³/mol. The molecule has 9 nitrogen and oxygen atoms in total. The monoisotopic (exact) mass is 798 g/mol. The molecule has 6 rings (SSSR count). The Morgan fingerprint density at radius 2 is 1.49 bits per heavy atom. The van der Waals surface area contributed by atoms with Crippen molar-refractivity contribution < 1.29 is 40.8 Å². The van der Waals surface area contributed by atoms with E-state index in [4.69, 9.17) is 14.2 Å². The molecule has 0 radical (unpaired) electrons. The van der Waals surface area contributed by atoms with Gasteiger partial charge in [0.2, 0.25) is 11.6 Å². The first-order valence-corrected chi connectivity index (χ1v) is 20.9. The van der Waals surface area contributed by atoms with E-state index >= 15 is 0 Å². The molecule has 1 saturated carbocycles. The number of hydrogen-bond donors (Lipinski definition) is 2. The van der Waals surface area contributed by atoms with E-state index in [0.29, 0.717) is 70.3 Å². The second-order valence-electron chi connectivity index (χ2n) is 16.6. The largest absolute Gasteiger partial charge is 1.00 e. The minimum atomic E-state index is -0.383. The summed E-state index contributed by atoms with van der Waals surface area (Å²) in [4.78, 5) is 27.0. The van der Waals surface area contributed by atoms with Crippen LogP contribution in [0.25, 0.3) is 0 Å². The van der Waals surface area contributed by atoms with Crippen LogP contribution in [-0.4, -0.2) is 82.0 Å². The van der Waals surface area contributed by atoms with Crippen molar-refractivity contribution in [2.24, 2.45) is 17.8 Å². The molecule has 0 spiro atoms. The van der Waals surface area contributed by atoms with Crippen LogP contribution in [0.15, 0.2) is 72.5 Å². The first-order valence-electron chi connectivity index (χ1n) is 20.9. The zero-order valence-electron chi connectivity index (χ0n) is 34.7. The Morgan fingerprint density at radius 1 is 0.842 bits per heavy atom. The number of allylic oxidation sites excluding steroid dienone is 4. The van der Waals surface area contributed by atoms with Gasteiger partial charge in [0, 0.05) is 73.4 Å². The molecule has 57 heavy (non-hydrogen) atoms. The number of anilines is 1. The van der Waals surface area contributed by atoms with Crippen molar-refractivity contribution in [2.75, 3.05) is 64.6 Å². The van der Waals surface area contributed by atoms with Gasteiger partial charge in [-0.15, -0.1) is 11.8 Å². The number of ether oxygens (including phenoxy) is 3. The van der Waals surface area contributed by atoms with Crippen LogP contribution < -0.4 is 27.9 Å². The summed E-state index contributed by atoms with van der Waals surface area (Å²) in [7, 11) is 2.16. The topological polar surface area (TPSA) is 92.1 Å². The number of hydrogen-bond acceptors (Lipinski definition) is 6. The van der Waals surface area contributed by atoms with Crippen LogP contribution in [0.2, 0.25) is 0 Å². The van der Waals surface area contributed by atoms with E-state index in [-0.39, 0.29) is 35.2 Å². The van der Waals surface area contributed by atoms with Crippen molar-refractivity contribution in [3.05, 3.63) is 83.6 Å². The molecule has 2 aromatic rings. The van der Waals surface area contributed by atoms with Crippen LogP contribution >= 0.6 is 0 Å². The second kappa shape index (κ2) is 20.5. The van der Waals surface area contributed by atoms with Crippen molar-refractivity contribution in [3.63, 3.8) is 0 Å². The Balaban J connectivity index is 0.00000620. The van der Waals surface area contributed by atoms with Gasteiger partial charge in [0.1, 0.15) is 7.05 Å². The van der Waals surface area contributed by atoms with E-state index < -0.39 is 0 Å². The number of rotatable bonds is 19. The molecule has 2 aliphatic heterocycles. The Kier molecular flexibility index (Phi) is 15.9. The van der Waals surface area contributed by atoms with E-state index in [2.05, 4.69) is 133 Å². The van der Waals surface area contributed by atoms with Gasteiger partial charge in [-0.2, -0.15) is 4.58 Å². The number of carbonyl (C=O) groups excluding carboxylic acids is 2. The van der Waals surface area contributed by atoms with Gasteiger partial charge >= 0.3 is 6.09 Å². The van der Waals surface area contributed by atoms with Crippen LogP contribution in [0.4, 0.5) is 16.2 Å². The number of fused-ring (bicyclic) bond motifs is 3. The van der Waals surface area contributed by atoms with Crippen molar-refractivity contribution in [2.45, 2.75) is 89.9 Å². The highest BCUT2D eigenvalue weighted by atomic mass is 35.5. The molecular weight excluding hydrogens is 736 g/mol. The average Bonchev–Trinajstić information content (AvgIpc) is 3.71. The molecule has 2 aromatic carbocycles. The van der Waals surface area contributed by atoms with Gasteiger partial charge in [-0.05, 0) is 75.0 Å². The number of nitrogens with zero attached hydrogens (tertiary/aromatic N) is 2. The van der Waals surface area contributed by atoms with E-state index in [0.717, 1.165) is 51.5 Å². The second-order valence-corrected chi connectivity index (χ2v) is 16.6. The Hall–Kier alpha value is -4.10. The molecule has 0 bridgehead atoms. The number of para-hydroxylation sites is 2. The third-order valence-corrected chi connectivity index (χ3v) is 12.2. The molecule has 1 unspecified atom stereocenters. The summed E-state index contributed by atoms with van der Waals surface area (Å²) >= 11 is 0. The molecule has 4 aliphatic rings. The highest BCUT2D eigenvalue weighted by molar-refractivity contribution is 6.03. The molecule has 2 aliphatic carbocycles. The van der Waals surface area contributed by atoms with Crippen LogP contribution in [0.1, 0.15) is 90.2 Å². The van der Waals surface area contributed by atoms with Crippen molar-refractivity contribution in [3.8, 4) is 11.8 Å². The maximum Gasteiger partial charge on any atom is 0.407 e. The van der Waals surface area contributed by atoms with Gasteiger partial charge in [-0.3, -0.25) is 4.79 Å². The van der Waals surface area contributed by atoms with Crippen LogP contribution in [0.5, 0.6) is 0 Å². The number of nitrogens with one attached hydrogen (secondary N) is 2. The molecule has 308 valence electrons. The molecule has 2 N–H and O–H groups in total. The van der Waals surface area contributed by atoms with Gasteiger partial charge in [0.15, 0.2) is 5.71 Å². The van der Waals surface area contributed by atoms with Crippen LogP contribution in [0, 0.1) is 29.6 Å². The number of amides is 2. The van der Waals surface area contributed by atoms with Gasteiger partial charge < -0.3 is 42.2 Å². The lowest BCUT2D eigenvalue weighted by Crippen LogP contribution is -3.00. The van der Waals surface area contributed by atoms with Crippen LogP contribution in [0.3, 0.4) is 0 Å². The normalized spacial score (nSPS) is 21.7. The molecule has 2 amide bonds. The summed E-state index contributed by atoms with van der Waals surface area (Å²) in [6.45, 7) is 13.2. The maximum absolute atomic E-state index is 12.5. The highest BCUT2D eigenvalue weighted by Gasteiger charge is 2.49. The molecule has 0 saturated heterocycles. The number of halogens is 1. The number of unbranched alkanes of at least 4 members (excludes halogenated alkanes) is 2. The third kappa shape index (κ3) is 10.9. The SMILES string of the molecule is C[N+]1=C(C=CC=C2N(CCCCCC(=O)NCCOCCOCCNC(=O)OCC3[C@H]4CCC#CCC[C@@H]34)c3ccccc3C2(C)C)C(C)(C)c2ccccc21.[Cl-]. The summed E-state index contributed by atoms with van der Waals surface area (Å²) < 4.78 is 18.9. The van der Waals surface area contributed by atoms with Crippen molar-refractivity contribution in [1.29, 1.82) is 0 Å². The predicted octanol–water partition coefficient (Wildman–Crippen LogP) is 4.81. The summed E-state index contributed by atoms with van der Waals surface area (Å²) in [5.41, 5.74) is 7.67. The van der Waals surface area contributed by atoms with Gasteiger partial charge in [0.25, 0.3) is 0 Å². The van der Waals surface area contributed by atoms with E-state index in [1.807, 2.05) is 0 Å². The quantitative estimate of drug-likeness (QED) is 0.121. The lowest BCUT2D eigenvalue weighted by atomic mass is 9.81. The Labute approximate surface area is 347 Å². The summed E-state index contributed by atoms with van der Waals surface area (Å²) in [5, 5.41) is 5.73. The fourth-order valence-corrected chi connectivity index (χ4v) is 9.05. The Bertz CT molecular complexity index is 1840. The van der Waals surface area contributed by atoms with E-state index in [1.165, 1.54) is 33.9 Å². The zero-order chi connectivity index (χ0) is 39.5. The smallest absolute Gasteiger partial charge is 0.407 e. The lowest BCUT2D eigenvalue weighted by molar-refractivity contribution is -0.401. The highest BCUT2D eigenvalue weighted by Crippen LogP contribution is 2.52. The minimum Gasteiger partial charge on any atom is -1.00 e. The van der Waals surface area contributed by atoms with E-state index in [9.17, 15) is 9.59 Å². The fraction of sp³-hybridized carbons (Fsp3) is 0.553. The summed E-state index contributed by atoms with van der Waals surface area (Å²) in [5.74, 6) is 8.30. The lowest BCUT2D eigenvalue weighted by Gasteiger charge is -2.27. The number of benzene rings is 2. The fourth-order valence-electron chi connectivity index (χ4n) is 9.05. The first-order chi connectivity index (χ1) is 27.1. The Morgan fingerprint density at radius 3 is 2.19 bits per heavy atom. The van der Waals surface area contributed by atoms with Crippen molar-refractivity contribution >= 4 is 29.1 Å².